The van der Waals surface area contributed by atoms with E-state index in [0.717, 1.165) is 26.1 Å². The summed E-state index contributed by atoms with van der Waals surface area (Å²) in [4.78, 5) is 20.0. The lowest BCUT2D eigenvalue weighted by Gasteiger charge is -2.16. The van der Waals surface area contributed by atoms with Gasteiger partial charge in [-0.25, -0.2) is 9.78 Å². The number of esters is 1. The van der Waals surface area contributed by atoms with Crippen molar-refractivity contribution in [2.45, 2.75) is 25.8 Å². The number of ether oxygens (including phenoxy) is 2. The molecule has 2 aliphatic rings. The smallest absolute Gasteiger partial charge is 0.343 e. The van der Waals surface area contributed by atoms with Crippen LogP contribution >= 0.6 is 11.6 Å². The molecule has 1 saturated heterocycles. The number of carbonyl (C=O) groups is 1. The Morgan fingerprint density at radius 1 is 1.48 bits per heavy atom. The topological polar surface area (TPSA) is 73.3 Å². The highest BCUT2D eigenvalue weighted by Crippen LogP contribution is 2.38. The van der Waals surface area contributed by atoms with E-state index in [-0.39, 0.29) is 11.3 Å². The third-order valence-electron chi connectivity index (χ3n) is 4.10. The van der Waals surface area contributed by atoms with Crippen LogP contribution in [0.2, 0.25) is 5.28 Å². The lowest BCUT2D eigenvalue weighted by molar-refractivity contribution is 0.0526. The third kappa shape index (κ3) is 3.11. The van der Waals surface area contributed by atoms with Crippen LogP contribution in [0.1, 0.15) is 30.1 Å². The Morgan fingerprint density at radius 2 is 2.19 bits per heavy atom. The summed E-state index contributed by atoms with van der Waals surface area (Å²) in [7, 11) is 0. The molecule has 0 bridgehead atoms. The van der Waals surface area contributed by atoms with Gasteiger partial charge in [-0.3, -0.25) is 0 Å². The molecule has 21 heavy (non-hydrogen) atoms. The zero-order valence-electron chi connectivity index (χ0n) is 11.8. The van der Waals surface area contributed by atoms with Gasteiger partial charge >= 0.3 is 5.97 Å². The standard InChI is InChI=1S/C14H18ClN3O3/c1-2-21-13(19)11-5-16-14(15)18-12(11)17-10-3-8-6-20-7-9(8)4-10/h5,8-10H,2-4,6-7H2,1H3,(H,16,17,18). The first-order chi connectivity index (χ1) is 10.2. The summed E-state index contributed by atoms with van der Waals surface area (Å²) in [5.74, 6) is 1.23. The third-order valence-corrected chi connectivity index (χ3v) is 4.28. The van der Waals surface area contributed by atoms with Crippen molar-refractivity contribution in [3.8, 4) is 0 Å². The minimum absolute atomic E-state index is 0.118. The molecule has 1 aliphatic carbocycles. The van der Waals surface area contributed by atoms with Crippen molar-refractivity contribution in [3.63, 3.8) is 0 Å². The molecule has 114 valence electrons. The van der Waals surface area contributed by atoms with Gasteiger partial charge in [0.15, 0.2) is 0 Å². The minimum Gasteiger partial charge on any atom is -0.462 e. The molecule has 2 atom stereocenters. The van der Waals surface area contributed by atoms with Crippen LogP contribution in [0.4, 0.5) is 5.82 Å². The first-order valence-corrected chi connectivity index (χ1v) is 7.59. The maximum atomic E-state index is 11.9. The molecule has 0 amide bonds. The van der Waals surface area contributed by atoms with Crippen LogP contribution in [0.15, 0.2) is 6.20 Å². The average Bonchev–Trinajstić information content (AvgIpc) is 3.00. The SMILES string of the molecule is CCOC(=O)c1cnc(Cl)nc1NC1CC2COCC2C1. The number of hydrogen-bond donors (Lipinski definition) is 1. The summed E-state index contributed by atoms with van der Waals surface area (Å²) >= 11 is 5.85. The maximum absolute atomic E-state index is 11.9. The molecule has 6 nitrogen and oxygen atoms in total. The van der Waals surface area contributed by atoms with E-state index in [2.05, 4.69) is 15.3 Å². The molecule has 0 spiro atoms. The monoisotopic (exact) mass is 311 g/mol. The Labute approximate surface area is 128 Å². The second kappa shape index (κ2) is 6.15. The molecule has 2 unspecified atom stereocenters. The number of nitrogens with one attached hydrogen (secondary N) is 1. The van der Waals surface area contributed by atoms with Crippen molar-refractivity contribution in [1.29, 1.82) is 0 Å². The van der Waals surface area contributed by atoms with Gasteiger partial charge in [-0.1, -0.05) is 0 Å². The number of hydrogen-bond acceptors (Lipinski definition) is 6. The van der Waals surface area contributed by atoms with E-state index in [1.165, 1.54) is 6.20 Å². The van der Waals surface area contributed by atoms with Crippen LogP contribution in [0.3, 0.4) is 0 Å². The molecule has 2 heterocycles. The summed E-state index contributed by atoms with van der Waals surface area (Å²) in [5, 5.41) is 3.44. The quantitative estimate of drug-likeness (QED) is 0.678. The Kier molecular flexibility index (Phi) is 4.26. The van der Waals surface area contributed by atoms with Gasteiger partial charge < -0.3 is 14.8 Å². The number of aromatic nitrogens is 2. The molecule has 7 heteroatoms. The highest BCUT2D eigenvalue weighted by molar-refractivity contribution is 6.28. The van der Waals surface area contributed by atoms with Crippen molar-refractivity contribution < 1.29 is 14.3 Å². The number of anilines is 1. The highest BCUT2D eigenvalue weighted by Gasteiger charge is 2.38. The van der Waals surface area contributed by atoms with Crippen molar-refractivity contribution in [1.82, 2.24) is 9.97 Å². The van der Waals surface area contributed by atoms with Crippen molar-refractivity contribution >= 4 is 23.4 Å². The Hall–Kier alpha value is -1.40. The zero-order chi connectivity index (χ0) is 14.8. The molecule has 0 aromatic carbocycles. The van der Waals surface area contributed by atoms with Gasteiger partial charge in [-0.2, -0.15) is 4.98 Å². The largest absolute Gasteiger partial charge is 0.462 e. The van der Waals surface area contributed by atoms with E-state index >= 15 is 0 Å². The summed E-state index contributed by atoms with van der Waals surface area (Å²) < 4.78 is 10.5. The van der Waals surface area contributed by atoms with Crippen LogP contribution in [0.25, 0.3) is 0 Å². The Bertz CT molecular complexity index is 528. The zero-order valence-corrected chi connectivity index (χ0v) is 12.6. The van der Waals surface area contributed by atoms with Crippen molar-refractivity contribution in [2.75, 3.05) is 25.1 Å². The lowest BCUT2D eigenvalue weighted by Crippen LogP contribution is -2.21. The van der Waals surface area contributed by atoms with E-state index in [1.807, 2.05) is 0 Å². The van der Waals surface area contributed by atoms with E-state index in [4.69, 9.17) is 21.1 Å². The summed E-state index contributed by atoms with van der Waals surface area (Å²) in [6.07, 6.45) is 3.46. The number of rotatable bonds is 4. The number of carbonyl (C=O) groups excluding carboxylic acids is 1. The van der Waals surface area contributed by atoms with E-state index in [0.29, 0.717) is 29.8 Å². The van der Waals surface area contributed by atoms with Gasteiger partial charge in [0.2, 0.25) is 5.28 Å². The van der Waals surface area contributed by atoms with Gasteiger partial charge in [0, 0.05) is 25.5 Å². The van der Waals surface area contributed by atoms with Gasteiger partial charge in [-0.15, -0.1) is 0 Å². The van der Waals surface area contributed by atoms with Crippen molar-refractivity contribution in [3.05, 3.63) is 17.0 Å². The molecule has 3 rings (SSSR count). The van der Waals surface area contributed by atoms with Gasteiger partial charge in [0.1, 0.15) is 11.4 Å². The van der Waals surface area contributed by atoms with Gasteiger partial charge in [-0.05, 0) is 43.2 Å². The molecular weight excluding hydrogens is 294 g/mol. The summed E-state index contributed by atoms with van der Waals surface area (Å²) in [6, 6.07) is 0.281. The molecule has 1 aliphatic heterocycles. The van der Waals surface area contributed by atoms with E-state index in [1.54, 1.807) is 6.92 Å². The summed E-state index contributed by atoms with van der Waals surface area (Å²) in [6.45, 7) is 3.74. The Morgan fingerprint density at radius 3 is 2.86 bits per heavy atom. The van der Waals surface area contributed by atoms with Crippen LogP contribution in [-0.4, -0.2) is 41.8 Å². The fourth-order valence-corrected chi connectivity index (χ4v) is 3.26. The minimum atomic E-state index is -0.432. The lowest BCUT2D eigenvalue weighted by atomic mass is 10.0. The van der Waals surface area contributed by atoms with Crippen molar-refractivity contribution in [2.24, 2.45) is 11.8 Å². The maximum Gasteiger partial charge on any atom is 0.343 e. The van der Waals surface area contributed by atoms with Gasteiger partial charge in [0.25, 0.3) is 0 Å². The highest BCUT2D eigenvalue weighted by atomic mass is 35.5. The van der Waals surface area contributed by atoms with Gasteiger partial charge in [0.05, 0.1) is 6.61 Å². The fourth-order valence-electron chi connectivity index (χ4n) is 3.13. The van der Waals surface area contributed by atoms with E-state index < -0.39 is 5.97 Å². The molecule has 2 fully saturated rings. The number of halogens is 1. The number of fused-ring (bicyclic) bond motifs is 1. The number of nitrogens with zero attached hydrogens (tertiary/aromatic N) is 2. The second-order valence-electron chi connectivity index (χ2n) is 5.49. The average molecular weight is 312 g/mol. The normalized spacial score (nSPS) is 27.4. The molecule has 1 aromatic heterocycles. The van der Waals surface area contributed by atoms with Crippen LogP contribution in [-0.2, 0) is 9.47 Å². The van der Waals surface area contributed by atoms with Crippen LogP contribution in [0.5, 0.6) is 0 Å². The van der Waals surface area contributed by atoms with E-state index in [9.17, 15) is 4.79 Å². The molecule has 1 saturated carbocycles. The summed E-state index contributed by atoms with van der Waals surface area (Å²) in [5.41, 5.74) is 0.328. The van der Waals surface area contributed by atoms with Crippen LogP contribution < -0.4 is 5.32 Å². The predicted molar refractivity (Wildman–Crippen MR) is 77.4 cm³/mol. The van der Waals surface area contributed by atoms with Crippen LogP contribution in [0, 0.1) is 11.8 Å². The second-order valence-corrected chi connectivity index (χ2v) is 5.83. The first-order valence-electron chi connectivity index (χ1n) is 7.21. The molecule has 0 radical (unpaired) electrons. The first kappa shape index (κ1) is 14.5. The predicted octanol–water partition coefficient (Wildman–Crippen LogP) is 2.14. The molecular formula is C14H18ClN3O3. The Balaban J connectivity index is 1.75. The molecule has 1 aromatic rings. The fraction of sp³-hybridized carbons (Fsp3) is 0.643. The molecule has 1 N–H and O–H groups in total.